The van der Waals surface area contributed by atoms with E-state index in [1.165, 1.54) is 0 Å². The summed E-state index contributed by atoms with van der Waals surface area (Å²) in [6, 6.07) is 0. The lowest BCUT2D eigenvalue weighted by molar-refractivity contribution is -0.178. The van der Waals surface area contributed by atoms with E-state index in [9.17, 15) is 5.11 Å². The molecule has 0 saturated carbocycles. The van der Waals surface area contributed by atoms with Gasteiger partial charge in [0, 0.05) is 0 Å². The Kier molecular flexibility index (Phi) is 3.68. The molecular weight excluding hydrogens is 260 g/mol. The Bertz CT molecular complexity index is 350. The molecule has 1 unspecified atom stereocenters. The largest absolute Gasteiger partial charge is 0.408 e. The molecule has 2 saturated heterocycles. The normalized spacial score (nSPS) is 40.7. The van der Waals surface area contributed by atoms with Crippen LogP contribution in [0.2, 0.25) is 18.1 Å². The second-order valence-electron chi connectivity index (χ2n) is 7.53. The molecule has 2 aliphatic rings. The lowest BCUT2D eigenvalue weighted by Crippen LogP contribution is -2.55. The first-order valence-electron chi connectivity index (χ1n) is 7.16. The van der Waals surface area contributed by atoms with Crippen molar-refractivity contribution in [2.24, 2.45) is 0 Å². The summed E-state index contributed by atoms with van der Waals surface area (Å²) in [6.45, 7) is 15.3. The Morgan fingerprint density at radius 1 is 1.37 bits per heavy atom. The third-order valence-corrected chi connectivity index (χ3v) is 9.54. The van der Waals surface area contributed by atoms with E-state index in [1.54, 1.807) is 6.92 Å². The fraction of sp³-hybridized carbons (Fsp3) is 1.00. The minimum atomic E-state index is -1.91. The average molecular weight is 288 g/mol. The summed E-state index contributed by atoms with van der Waals surface area (Å²) in [5.74, 6) is 0. The smallest absolute Gasteiger partial charge is 0.192 e. The first-order valence-corrected chi connectivity index (χ1v) is 10.1. The highest BCUT2D eigenvalue weighted by atomic mass is 28.4. The molecule has 0 spiro atoms. The van der Waals surface area contributed by atoms with Crippen LogP contribution in [0.15, 0.2) is 0 Å². The highest BCUT2D eigenvalue weighted by Gasteiger charge is 2.64. The molecule has 2 fully saturated rings. The van der Waals surface area contributed by atoms with E-state index in [-0.39, 0.29) is 23.4 Å². The Hall–Kier alpha value is 0.0569. The number of aliphatic hydroxyl groups is 1. The number of hydrogen-bond acceptors (Lipinski definition) is 4. The van der Waals surface area contributed by atoms with Crippen LogP contribution in [0.5, 0.6) is 0 Å². The quantitative estimate of drug-likeness (QED) is 0.810. The minimum absolute atomic E-state index is 0.0156. The van der Waals surface area contributed by atoms with Gasteiger partial charge in [0.1, 0.15) is 17.8 Å². The van der Waals surface area contributed by atoms with E-state index in [1.807, 2.05) is 6.92 Å². The molecule has 19 heavy (non-hydrogen) atoms. The summed E-state index contributed by atoms with van der Waals surface area (Å²) in [5, 5.41) is 10.3. The molecule has 0 amide bonds. The SMILES string of the molecule is CC(O)[C@@]12CO[C@@H]([C@H](C)O1)[C@H]2O[Si](C)(C)C(C)(C)C. The topological polar surface area (TPSA) is 47.9 Å². The molecule has 1 N–H and O–H groups in total. The molecule has 112 valence electrons. The summed E-state index contributed by atoms with van der Waals surface area (Å²) in [5.41, 5.74) is -0.681. The van der Waals surface area contributed by atoms with Crippen LogP contribution in [0.3, 0.4) is 0 Å². The predicted octanol–water partition coefficient (Wildman–Crippen LogP) is 2.31. The van der Waals surface area contributed by atoms with Crippen LogP contribution in [0, 0.1) is 0 Å². The van der Waals surface area contributed by atoms with Crippen molar-refractivity contribution in [1.29, 1.82) is 0 Å². The van der Waals surface area contributed by atoms with E-state index in [0.717, 1.165) is 0 Å². The number of rotatable bonds is 3. The number of hydrogen-bond donors (Lipinski definition) is 1. The Balaban J connectivity index is 2.25. The molecule has 2 heterocycles. The third-order valence-electron chi connectivity index (χ3n) is 5.08. The van der Waals surface area contributed by atoms with E-state index in [2.05, 4.69) is 33.9 Å². The van der Waals surface area contributed by atoms with Gasteiger partial charge >= 0.3 is 0 Å². The molecule has 4 nitrogen and oxygen atoms in total. The molecule has 0 aromatic heterocycles. The first kappa shape index (κ1) is 15.4. The van der Waals surface area contributed by atoms with Crippen molar-refractivity contribution in [1.82, 2.24) is 0 Å². The van der Waals surface area contributed by atoms with Crippen molar-refractivity contribution >= 4 is 8.32 Å². The van der Waals surface area contributed by atoms with Crippen LogP contribution in [-0.2, 0) is 13.9 Å². The summed E-state index contributed by atoms with van der Waals surface area (Å²) in [6.07, 6.45) is -0.803. The Morgan fingerprint density at radius 2 is 1.95 bits per heavy atom. The van der Waals surface area contributed by atoms with Crippen LogP contribution in [0.4, 0.5) is 0 Å². The zero-order valence-electron chi connectivity index (χ0n) is 13.2. The van der Waals surface area contributed by atoms with Crippen molar-refractivity contribution in [2.45, 2.75) is 82.8 Å². The van der Waals surface area contributed by atoms with Gasteiger partial charge in [-0.05, 0) is 32.0 Å². The second-order valence-corrected chi connectivity index (χ2v) is 12.3. The van der Waals surface area contributed by atoms with Gasteiger partial charge in [-0.25, -0.2) is 0 Å². The average Bonchev–Trinajstić information content (AvgIpc) is 2.68. The summed E-state index contributed by atoms with van der Waals surface area (Å²) in [7, 11) is -1.91. The molecule has 2 aliphatic heterocycles. The number of fused-ring (bicyclic) bond motifs is 2. The second kappa shape index (κ2) is 4.53. The van der Waals surface area contributed by atoms with Gasteiger partial charge in [-0.15, -0.1) is 0 Å². The molecule has 0 aromatic carbocycles. The van der Waals surface area contributed by atoms with Crippen molar-refractivity contribution in [3.63, 3.8) is 0 Å². The maximum absolute atomic E-state index is 10.1. The maximum atomic E-state index is 10.1. The molecule has 0 radical (unpaired) electrons. The van der Waals surface area contributed by atoms with Gasteiger partial charge in [-0.1, -0.05) is 20.8 Å². The zero-order valence-corrected chi connectivity index (χ0v) is 14.2. The molecule has 5 heteroatoms. The van der Waals surface area contributed by atoms with Gasteiger partial charge in [0.25, 0.3) is 0 Å². The number of aliphatic hydroxyl groups excluding tert-OH is 1. The molecule has 2 rings (SSSR count). The van der Waals surface area contributed by atoms with Crippen LogP contribution < -0.4 is 0 Å². The summed E-state index contributed by atoms with van der Waals surface area (Å²) in [4.78, 5) is 0. The fourth-order valence-electron chi connectivity index (χ4n) is 2.69. The monoisotopic (exact) mass is 288 g/mol. The van der Waals surface area contributed by atoms with E-state index in [4.69, 9.17) is 13.9 Å². The van der Waals surface area contributed by atoms with E-state index >= 15 is 0 Å². The Labute approximate surface area is 117 Å². The van der Waals surface area contributed by atoms with Crippen molar-refractivity contribution in [2.75, 3.05) is 6.61 Å². The molecule has 0 aromatic rings. The highest BCUT2D eigenvalue weighted by Crippen LogP contribution is 2.47. The molecule has 0 aliphatic carbocycles. The fourth-order valence-corrected chi connectivity index (χ4v) is 4.01. The van der Waals surface area contributed by atoms with Crippen LogP contribution in [0.25, 0.3) is 0 Å². The van der Waals surface area contributed by atoms with Crippen molar-refractivity contribution < 1.29 is 19.0 Å². The minimum Gasteiger partial charge on any atom is -0.408 e. The van der Waals surface area contributed by atoms with Gasteiger partial charge in [0.2, 0.25) is 0 Å². The van der Waals surface area contributed by atoms with Gasteiger partial charge in [-0.3, -0.25) is 0 Å². The van der Waals surface area contributed by atoms with E-state index < -0.39 is 20.0 Å². The first-order chi connectivity index (χ1) is 8.51. The standard InChI is InChI=1S/C14H28O4Si/c1-9-11-12(18-19(6,7)13(3,4)5)14(17-9,8-16-11)10(2)15/h9-12,15H,8H2,1-7H3/t9-,10?,11-,12+,14+/m0/s1. The summed E-state index contributed by atoms with van der Waals surface area (Å²) >= 11 is 0. The Morgan fingerprint density at radius 3 is 2.37 bits per heavy atom. The lowest BCUT2D eigenvalue weighted by atomic mass is 9.93. The van der Waals surface area contributed by atoms with Crippen molar-refractivity contribution in [3.8, 4) is 0 Å². The molecule has 5 atom stereocenters. The third kappa shape index (κ3) is 2.29. The lowest BCUT2D eigenvalue weighted by Gasteiger charge is -2.41. The molecule has 2 bridgehead atoms. The number of ether oxygens (including phenoxy) is 2. The van der Waals surface area contributed by atoms with E-state index in [0.29, 0.717) is 6.61 Å². The van der Waals surface area contributed by atoms with Crippen LogP contribution in [-0.4, -0.2) is 50.0 Å². The van der Waals surface area contributed by atoms with Gasteiger partial charge in [0.05, 0.1) is 18.8 Å². The summed E-state index contributed by atoms with van der Waals surface area (Å²) < 4.78 is 18.3. The van der Waals surface area contributed by atoms with Gasteiger partial charge in [-0.2, -0.15) is 0 Å². The zero-order chi connectivity index (χ0) is 14.6. The highest BCUT2D eigenvalue weighted by molar-refractivity contribution is 6.74. The predicted molar refractivity (Wildman–Crippen MR) is 76.8 cm³/mol. The van der Waals surface area contributed by atoms with Crippen LogP contribution >= 0.6 is 0 Å². The van der Waals surface area contributed by atoms with Gasteiger partial charge in [0.15, 0.2) is 8.32 Å². The maximum Gasteiger partial charge on any atom is 0.192 e. The van der Waals surface area contributed by atoms with Crippen LogP contribution in [0.1, 0.15) is 34.6 Å². The molecular formula is C14H28O4Si. The van der Waals surface area contributed by atoms with Gasteiger partial charge < -0.3 is 19.0 Å². The van der Waals surface area contributed by atoms with Crippen molar-refractivity contribution in [3.05, 3.63) is 0 Å².